The normalized spacial score (nSPS) is 14.8. The molecule has 1 saturated heterocycles. The molecule has 0 bridgehead atoms. The van der Waals surface area contributed by atoms with Crippen LogP contribution in [0.2, 0.25) is 0 Å². The Morgan fingerprint density at radius 1 is 0.939 bits per heavy atom. The van der Waals surface area contributed by atoms with E-state index in [1.54, 1.807) is 7.05 Å². The summed E-state index contributed by atoms with van der Waals surface area (Å²) in [7, 11) is 1.68. The standard InChI is InChI=1S/C25H29NO5S2/c1-5-29-22-15-19(16-23-24(27)26(4)25(32)33-23)7-9-21(22)31-13-11-28-10-12-30-20-8-6-17(2)18(3)14-20/h6-9,14-16H,5,10-13H2,1-4H3. The Hall–Kier alpha value is -2.55. The molecular formula is C25H29NO5S2. The minimum absolute atomic E-state index is 0.0954. The molecule has 6 nitrogen and oxygen atoms in total. The molecule has 2 aromatic carbocycles. The summed E-state index contributed by atoms with van der Waals surface area (Å²) in [4.78, 5) is 14.3. The third-order valence-corrected chi connectivity index (χ3v) is 6.50. The van der Waals surface area contributed by atoms with Gasteiger partial charge in [-0.3, -0.25) is 9.69 Å². The second-order valence-electron chi connectivity index (χ2n) is 7.44. The fourth-order valence-corrected chi connectivity index (χ4v) is 4.21. The van der Waals surface area contributed by atoms with Crippen LogP contribution in [-0.4, -0.2) is 55.2 Å². The van der Waals surface area contributed by atoms with E-state index in [1.807, 2.05) is 43.3 Å². The molecule has 3 rings (SSSR count). The van der Waals surface area contributed by atoms with Crippen molar-refractivity contribution in [3.05, 3.63) is 58.0 Å². The van der Waals surface area contributed by atoms with E-state index in [0.29, 0.717) is 53.8 Å². The van der Waals surface area contributed by atoms with Crippen molar-refractivity contribution in [3.8, 4) is 17.2 Å². The van der Waals surface area contributed by atoms with E-state index in [0.717, 1.165) is 11.3 Å². The number of thiocarbonyl (C=S) groups is 1. The molecule has 0 spiro atoms. The van der Waals surface area contributed by atoms with Crippen LogP contribution in [0.15, 0.2) is 41.3 Å². The van der Waals surface area contributed by atoms with E-state index in [9.17, 15) is 4.79 Å². The summed E-state index contributed by atoms with van der Waals surface area (Å²) in [5.74, 6) is 2.01. The Balaban J connectivity index is 1.46. The van der Waals surface area contributed by atoms with Gasteiger partial charge in [-0.05, 0) is 67.8 Å². The molecule has 1 heterocycles. The molecule has 2 aromatic rings. The molecule has 0 atom stereocenters. The van der Waals surface area contributed by atoms with E-state index in [1.165, 1.54) is 27.8 Å². The van der Waals surface area contributed by atoms with E-state index in [-0.39, 0.29) is 5.91 Å². The molecule has 8 heteroatoms. The first-order valence-corrected chi connectivity index (χ1v) is 12.0. The third kappa shape index (κ3) is 6.96. The van der Waals surface area contributed by atoms with Crippen LogP contribution in [0.4, 0.5) is 0 Å². The van der Waals surface area contributed by atoms with Crippen LogP contribution in [0.25, 0.3) is 6.08 Å². The van der Waals surface area contributed by atoms with Crippen molar-refractivity contribution in [1.82, 2.24) is 4.90 Å². The van der Waals surface area contributed by atoms with E-state index >= 15 is 0 Å². The first-order chi connectivity index (χ1) is 15.9. The lowest BCUT2D eigenvalue weighted by Crippen LogP contribution is -2.22. The first kappa shape index (κ1) is 25.1. The van der Waals surface area contributed by atoms with Crippen molar-refractivity contribution in [3.63, 3.8) is 0 Å². The molecule has 33 heavy (non-hydrogen) atoms. The van der Waals surface area contributed by atoms with E-state index in [2.05, 4.69) is 19.9 Å². The fraction of sp³-hybridized carbons (Fsp3) is 0.360. The van der Waals surface area contributed by atoms with Gasteiger partial charge >= 0.3 is 0 Å². The summed E-state index contributed by atoms with van der Waals surface area (Å²) >= 11 is 6.48. The monoisotopic (exact) mass is 487 g/mol. The summed E-state index contributed by atoms with van der Waals surface area (Å²) in [6.45, 7) is 8.33. The van der Waals surface area contributed by atoms with Crippen molar-refractivity contribution in [2.45, 2.75) is 20.8 Å². The second kappa shape index (κ2) is 12.1. The van der Waals surface area contributed by atoms with Crippen LogP contribution in [0.1, 0.15) is 23.6 Å². The zero-order valence-corrected chi connectivity index (χ0v) is 21.0. The zero-order chi connectivity index (χ0) is 23.8. The van der Waals surface area contributed by atoms with Gasteiger partial charge in [0, 0.05) is 7.05 Å². The van der Waals surface area contributed by atoms with Crippen molar-refractivity contribution in [2.75, 3.05) is 40.1 Å². The third-order valence-electron chi connectivity index (χ3n) is 5.01. The van der Waals surface area contributed by atoms with Gasteiger partial charge in [-0.2, -0.15) is 0 Å². The number of hydrogen-bond donors (Lipinski definition) is 0. The zero-order valence-electron chi connectivity index (χ0n) is 19.4. The number of nitrogens with zero attached hydrogens (tertiary/aromatic N) is 1. The number of thioether (sulfide) groups is 1. The van der Waals surface area contributed by atoms with E-state index < -0.39 is 0 Å². The molecule has 1 fully saturated rings. The quantitative estimate of drug-likeness (QED) is 0.251. The van der Waals surface area contributed by atoms with E-state index in [4.69, 9.17) is 31.2 Å². The highest BCUT2D eigenvalue weighted by atomic mass is 32.2. The maximum Gasteiger partial charge on any atom is 0.265 e. The SMILES string of the molecule is CCOc1cc(C=C2SC(=S)N(C)C2=O)ccc1OCCOCCOc1ccc(C)c(C)c1. The van der Waals surface area contributed by atoms with Crippen LogP contribution < -0.4 is 14.2 Å². The molecule has 0 saturated carbocycles. The van der Waals surface area contributed by atoms with Gasteiger partial charge in [0.2, 0.25) is 0 Å². The van der Waals surface area contributed by atoms with Crippen LogP contribution in [0.3, 0.4) is 0 Å². The van der Waals surface area contributed by atoms with Crippen molar-refractivity contribution in [2.24, 2.45) is 0 Å². The van der Waals surface area contributed by atoms with Gasteiger partial charge < -0.3 is 18.9 Å². The summed E-state index contributed by atoms with van der Waals surface area (Å²) in [5, 5.41) is 0. The largest absolute Gasteiger partial charge is 0.491 e. The van der Waals surface area contributed by atoms with Crippen molar-refractivity contribution < 1.29 is 23.7 Å². The number of carbonyl (C=O) groups excluding carboxylic acids is 1. The number of likely N-dealkylation sites (N-methyl/N-ethyl adjacent to an activating group) is 1. The van der Waals surface area contributed by atoms with Gasteiger partial charge in [0.1, 0.15) is 23.3 Å². The number of aryl methyl sites for hydroxylation is 2. The smallest absolute Gasteiger partial charge is 0.265 e. The number of amides is 1. The number of benzene rings is 2. The Morgan fingerprint density at radius 2 is 1.70 bits per heavy atom. The number of rotatable bonds is 11. The molecule has 0 radical (unpaired) electrons. The highest BCUT2D eigenvalue weighted by molar-refractivity contribution is 8.26. The van der Waals surface area contributed by atoms with Gasteiger partial charge in [0.25, 0.3) is 5.91 Å². The predicted molar refractivity (Wildman–Crippen MR) is 136 cm³/mol. The summed E-state index contributed by atoms with van der Waals surface area (Å²) in [6.07, 6.45) is 1.81. The average molecular weight is 488 g/mol. The average Bonchev–Trinajstić information content (AvgIpc) is 3.03. The van der Waals surface area contributed by atoms with Gasteiger partial charge in [-0.25, -0.2) is 0 Å². The molecule has 1 aliphatic rings. The van der Waals surface area contributed by atoms with Crippen molar-refractivity contribution in [1.29, 1.82) is 0 Å². The lowest BCUT2D eigenvalue weighted by molar-refractivity contribution is -0.121. The summed E-state index contributed by atoms with van der Waals surface area (Å²) in [6, 6.07) is 11.6. The minimum Gasteiger partial charge on any atom is -0.491 e. The number of hydrogen-bond acceptors (Lipinski definition) is 7. The van der Waals surface area contributed by atoms with Crippen LogP contribution >= 0.6 is 24.0 Å². The van der Waals surface area contributed by atoms with Gasteiger partial charge in [0.15, 0.2) is 11.5 Å². The molecule has 0 aliphatic carbocycles. The molecule has 1 amide bonds. The molecule has 0 unspecified atom stereocenters. The Morgan fingerprint density at radius 3 is 2.36 bits per heavy atom. The highest BCUT2D eigenvalue weighted by Crippen LogP contribution is 2.34. The Labute approximate surface area is 204 Å². The lowest BCUT2D eigenvalue weighted by Gasteiger charge is -2.13. The maximum atomic E-state index is 12.2. The molecule has 176 valence electrons. The van der Waals surface area contributed by atoms with Crippen LogP contribution in [0, 0.1) is 13.8 Å². The van der Waals surface area contributed by atoms with Gasteiger partial charge in [-0.1, -0.05) is 36.1 Å². The number of ether oxygens (including phenoxy) is 4. The summed E-state index contributed by atoms with van der Waals surface area (Å²) < 4.78 is 23.5. The van der Waals surface area contributed by atoms with Crippen molar-refractivity contribution >= 4 is 40.3 Å². The van der Waals surface area contributed by atoms with Crippen LogP contribution in [0.5, 0.6) is 17.2 Å². The fourth-order valence-electron chi connectivity index (χ4n) is 3.03. The highest BCUT2D eigenvalue weighted by Gasteiger charge is 2.28. The Bertz CT molecular complexity index is 1040. The number of carbonyl (C=O) groups is 1. The lowest BCUT2D eigenvalue weighted by atomic mass is 10.1. The summed E-state index contributed by atoms with van der Waals surface area (Å²) in [5.41, 5.74) is 3.30. The van der Waals surface area contributed by atoms with Gasteiger partial charge in [0.05, 0.1) is 24.7 Å². The predicted octanol–water partition coefficient (Wildman–Crippen LogP) is 5.01. The topological polar surface area (TPSA) is 57.2 Å². The molecule has 1 aliphatic heterocycles. The Kier molecular flexibility index (Phi) is 9.17. The maximum absolute atomic E-state index is 12.2. The molecule has 0 aromatic heterocycles. The van der Waals surface area contributed by atoms with Crippen LogP contribution in [-0.2, 0) is 9.53 Å². The van der Waals surface area contributed by atoms with Gasteiger partial charge in [-0.15, -0.1) is 0 Å². The minimum atomic E-state index is -0.0954. The second-order valence-corrected chi connectivity index (χ2v) is 9.11. The first-order valence-electron chi connectivity index (χ1n) is 10.8. The molecular weight excluding hydrogens is 458 g/mol. The molecule has 0 N–H and O–H groups in total.